The van der Waals surface area contributed by atoms with E-state index in [-0.39, 0.29) is 31.1 Å². The molecule has 3 aliphatic heterocycles. The molecule has 0 aromatic heterocycles. The number of halogens is 4. The Morgan fingerprint density at radius 2 is 1.80 bits per heavy atom. The van der Waals surface area contributed by atoms with Crippen LogP contribution in [-0.2, 0) is 11.0 Å². The van der Waals surface area contributed by atoms with Gasteiger partial charge in [-0.2, -0.15) is 13.2 Å². The number of hydrogen-bond acceptors (Lipinski definition) is 5. The second-order valence-electron chi connectivity index (χ2n) is 9.61. The molecule has 12 heteroatoms. The average molecular weight is 586 g/mol. The van der Waals surface area contributed by atoms with Crippen molar-refractivity contribution in [2.75, 3.05) is 25.0 Å². The van der Waals surface area contributed by atoms with E-state index in [1.165, 1.54) is 27.6 Å². The Morgan fingerprint density at radius 3 is 2.52 bits per heavy atom. The van der Waals surface area contributed by atoms with Crippen LogP contribution in [0, 0.1) is 0 Å². The number of thioether (sulfide) groups is 1. The van der Waals surface area contributed by atoms with E-state index < -0.39 is 35.2 Å². The number of hydrogen-bond donors (Lipinski definition) is 2. The van der Waals surface area contributed by atoms with Crippen LogP contribution in [0.2, 0.25) is 5.02 Å². The van der Waals surface area contributed by atoms with Gasteiger partial charge in [-0.25, -0.2) is 4.79 Å². The first-order valence-corrected chi connectivity index (χ1v) is 13.8. The molecule has 0 bridgehead atoms. The van der Waals surface area contributed by atoms with Gasteiger partial charge in [-0.05, 0) is 47.5 Å². The molecule has 0 aliphatic carbocycles. The van der Waals surface area contributed by atoms with E-state index in [0.29, 0.717) is 16.4 Å². The van der Waals surface area contributed by atoms with Crippen molar-refractivity contribution in [2.24, 2.45) is 4.99 Å². The number of nitrogens with one attached hydrogen (secondary N) is 2. The Bertz CT molecular complexity index is 1470. The van der Waals surface area contributed by atoms with Crippen LogP contribution in [-0.4, -0.2) is 52.6 Å². The van der Waals surface area contributed by atoms with Crippen molar-refractivity contribution in [3.63, 3.8) is 0 Å². The van der Waals surface area contributed by atoms with Crippen LogP contribution in [0.5, 0.6) is 0 Å². The third-order valence-electron chi connectivity index (χ3n) is 7.03. The van der Waals surface area contributed by atoms with E-state index in [4.69, 9.17) is 16.6 Å². The molecule has 3 aromatic carbocycles. The summed E-state index contributed by atoms with van der Waals surface area (Å²) in [7, 11) is 0. The molecule has 3 amide bonds. The molecule has 0 saturated carbocycles. The summed E-state index contributed by atoms with van der Waals surface area (Å²) in [5, 5.41) is 6.12. The van der Waals surface area contributed by atoms with Crippen LogP contribution in [0.4, 0.5) is 23.7 Å². The predicted molar refractivity (Wildman–Crippen MR) is 147 cm³/mol. The third-order valence-corrected chi connectivity index (χ3v) is 8.46. The smallest absolute Gasteiger partial charge is 0.366 e. The predicted octanol–water partition coefficient (Wildman–Crippen LogP) is 5.95. The molecule has 7 nitrogen and oxygen atoms in total. The zero-order chi connectivity index (χ0) is 28.0. The summed E-state index contributed by atoms with van der Waals surface area (Å²) in [5.74, 6) is 0.0717. The molecule has 206 valence electrons. The summed E-state index contributed by atoms with van der Waals surface area (Å²) in [6.07, 6.45) is -4.57. The van der Waals surface area contributed by atoms with Crippen molar-refractivity contribution in [3.8, 4) is 0 Å². The Balaban J connectivity index is 1.49. The van der Waals surface area contributed by atoms with Gasteiger partial charge in [0.1, 0.15) is 23.8 Å². The van der Waals surface area contributed by atoms with E-state index in [2.05, 4.69) is 10.6 Å². The first-order valence-electron chi connectivity index (χ1n) is 12.6. The van der Waals surface area contributed by atoms with E-state index >= 15 is 0 Å². The summed E-state index contributed by atoms with van der Waals surface area (Å²) in [6.45, 7) is 0.386. The highest BCUT2D eigenvalue weighted by Gasteiger charge is 2.48. The molecule has 3 aliphatic rings. The van der Waals surface area contributed by atoms with Gasteiger partial charge in [-0.1, -0.05) is 59.8 Å². The second-order valence-corrected chi connectivity index (χ2v) is 11.2. The lowest BCUT2D eigenvalue weighted by Gasteiger charge is -2.36. The number of alkyl halides is 3. The standard InChI is InChI=1S/C28H23ClF3N5O2S/c29-19-10-8-16(9-11-19)23-24(17-4-3-5-18(14-17)28(30,31)32)37(27(39)36-13-12-33-22(38)15-36)25(35-23)26-34-20-6-1-2-7-21(20)40-26/h1-11,14,23-24,26,34H,12-13,15H2,(H,33,38). The molecule has 3 atom stereocenters. The van der Waals surface area contributed by atoms with Crippen LogP contribution < -0.4 is 10.6 Å². The van der Waals surface area contributed by atoms with E-state index in [1.54, 1.807) is 30.3 Å². The van der Waals surface area contributed by atoms with Crippen LogP contribution in [0.25, 0.3) is 0 Å². The van der Waals surface area contributed by atoms with Crippen LogP contribution >= 0.6 is 23.4 Å². The van der Waals surface area contributed by atoms with Crippen molar-refractivity contribution < 1.29 is 22.8 Å². The van der Waals surface area contributed by atoms with E-state index in [1.807, 2.05) is 24.3 Å². The minimum Gasteiger partial charge on any atom is -0.366 e. The van der Waals surface area contributed by atoms with E-state index in [9.17, 15) is 22.8 Å². The molecule has 1 fully saturated rings. The highest BCUT2D eigenvalue weighted by Crippen LogP contribution is 2.48. The number of benzene rings is 3. The fourth-order valence-electron chi connectivity index (χ4n) is 5.17. The first-order chi connectivity index (χ1) is 19.2. The second kappa shape index (κ2) is 10.4. The maximum atomic E-state index is 14.2. The molecule has 3 unspecified atom stereocenters. The molecule has 40 heavy (non-hydrogen) atoms. The molecule has 3 heterocycles. The molecule has 1 saturated heterocycles. The topological polar surface area (TPSA) is 77.0 Å². The number of aliphatic imine (C=N–C) groups is 1. The van der Waals surface area contributed by atoms with Gasteiger partial charge in [0.05, 0.1) is 11.6 Å². The summed E-state index contributed by atoms with van der Waals surface area (Å²) in [6, 6.07) is 17.4. The molecular formula is C28H23ClF3N5O2S. The SMILES string of the molecule is O=C1CN(C(=O)N2C(C3Nc4ccccc4S3)=NC(c3ccc(Cl)cc3)C2c2cccc(C(F)(F)F)c2)CCN1. The summed E-state index contributed by atoms with van der Waals surface area (Å²) in [4.78, 5) is 35.2. The number of para-hydroxylation sites is 1. The third kappa shape index (κ3) is 4.99. The molecule has 3 aromatic rings. The molecule has 0 radical (unpaired) electrons. The number of nitrogens with zero attached hydrogens (tertiary/aromatic N) is 3. The van der Waals surface area contributed by atoms with Gasteiger partial charge in [0.15, 0.2) is 0 Å². The largest absolute Gasteiger partial charge is 0.416 e. The number of carbonyl (C=O) groups excluding carboxylic acids is 2. The monoisotopic (exact) mass is 585 g/mol. The lowest BCUT2D eigenvalue weighted by molar-refractivity contribution is -0.137. The van der Waals surface area contributed by atoms with Crippen molar-refractivity contribution in [1.29, 1.82) is 0 Å². The molecular weight excluding hydrogens is 563 g/mol. The number of carbonyl (C=O) groups is 2. The fourth-order valence-corrected chi connectivity index (χ4v) is 6.43. The van der Waals surface area contributed by atoms with E-state index in [0.717, 1.165) is 22.7 Å². The number of amidine groups is 1. The van der Waals surface area contributed by atoms with Crippen LogP contribution in [0.1, 0.15) is 28.8 Å². The Hall–Kier alpha value is -3.70. The number of rotatable bonds is 3. The van der Waals surface area contributed by atoms with Crippen molar-refractivity contribution in [1.82, 2.24) is 15.1 Å². The minimum absolute atomic E-state index is 0.158. The maximum Gasteiger partial charge on any atom is 0.416 e. The number of fused-ring (bicyclic) bond motifs is 1. The Labute approximate surface area is 237 Å². The van der Waals surface area contributed by atoms with Gasteiger partial charge in [0.2, 0.25) is 5.91 Å². The van der Waals surface area contributed by atoms with Gasteiger partial charge >= 0.3 is 12.2 Å². The molecule has 0 spiro atoms. The van der Waals surface area contributed by atoms with Gasteiger partial charge in [0, 0.05) is 28.7 Å². The van der Waals surface area contributed by atoms with Crippen molar-refractivity contribution in [2.45, 2.75) is 28.5 Å². The quantitative estimate of drug-likeness (QED) is 0.398. The van der Waals surface area contributed by atoms with Gasteiger partial charge in [-0.3, -0.25) is 14.7 Å². The minimum atomic E-state index is -4.57. The molecule has 6 rings (SSSR count). The maximum absolute atomic E-state index is 14.2. The number of amides is 3. The summed E-state index contributed by atoms with van der Waals surface area (Å²) in [5.41, 5.74) is 1.02. The average Bonchev–Trinajstić information content (AvgIpc) is 3.55. The van der Waals surface area contributed by atoms with Crippen molar-refractivity contribution >= 4 is 46.8 Å². The number of anilines is 1. The summed E-state index contributed by atoms with van der Waals surface area (Å²) >= 11 is 7.61. The van der Waals surface area contributed by atoms with Crippen molar-refractivity contribution in [3.05, 3.63) is 94.5 Å². The zero-order valence-electron chi connectivity index (χ0n) is 20.9. The highest BCUT2D eigenvalue weighted by molar-refractivity contribution is 8.01. The number of urea groups is 1. The fraction of sp³-hybridized carbons (Fsp3) is 0.250. The van der Waals surface area contributed by atoms with Gasteiger partial charge in [-0.15, -0.1) is 0 Å². The van der Waals surface area contributed by atoms with Crippen LogP contribution in [0.3, 0.4) is 0 Å². The number of piperazine rings is 1. The molecule has 2 N–H and O–H groups in total. The normalized spacial score (nSPS) is 22.4. The Kier molecular flexibility index (Phi) is 6.87. The van der Waals surface area contributed by atoms with Gasteiger partial charge in [0.25, 0.3) is 0 Å². The van der Waals surface area contributed by atoms with Gasteiger partial charge < -0.3 is 15.5 Å². The lowest BCUT2D eigenvalue weighted by atomic mass is 9.92. The first kappa shape index (κ1) is 26.5. The van der Waals surface area contributed by atoms with Crippen LogP contribution in [0.15, 0.2) is 82.7 Å². The lowest BCUT2D eigenvalue weighted by Crippen LogP contribution is -2.56. The Morgan fingerprint density at radius 1 is 1.02 bits per heavy atom. The highest BCUT2D eigenvalue weighted by atomic mass is 35.5. The zero-order valence-corrected chi connectivity index (χ0v) is 22.4. The summed E-state index contributed by atoms with van der Waals surface area (Å²) < 4.78 is 41.4.